The van der Waals surface area contributed by atoms with Gasteiger partial charge in [0.2, 0.25) is 5.91 Å². The molecule has 0 spiro atoms. The minimum atomic E-state index is -3.38. The molecule has 1 fully saturated rings. The summed E-state index contributed by atoms with van der Waals surface area (Å²) in [5.41, 5.74) is 5.30. The van der Waals surface area contributed by atoms with Crippen molar-refractivity contribution in [2.75, 3.05) is 55.9 Å². The van der Waals surface area contributed by atoms with Crippen molar-refractivity contribution in [3.05, 3.63) is 89.5 Å². The highest BCUT2D eigenvalue weighted by Crippen LogP contribution is 2.19. The van der Waals surface area contributed by atoms with Crippen molar-refractivity contribution in [1.29, 1.82) is 0 Å². The van der Waals surface area contributed by atoms with Crippen LogP contribution in [0.4, 0.5) is 11.4 Å². The second kappa shape index (κ2) is 12.4. The molecule has 0 aromatic heterocycles. The van der Waals surface area contributed by atoms with Gasteiger partial charge < -0.3 is 15.0 Å². The highest BCUT2D eigenvalue weighted by molar-refractivity contribution is 7.91. The molecule has 1 heterocycles. The third kappa shape index (κ3) is 7.64. The largest absolute Gasteiger partial charge is 0.384 e. The van der Waals surface area contributed by atoms with E-state index in [1.54, 1.807) is 24.3 Å². The zero-order chi connectivity index (χ0) is 26.3. The van der Waals surface area contributed by atoms with Crippen LogP contribution in [-0.2, 0) is 32.3 Å². The van der Waals surface area contributed by atoms with E-state index in [1.165, 1.54) is 23.9 Å². The van der Waals surface area contributed by atoms with Crippen molar-refractivity contribution >= 4 is 27.1 Å². The molecule has 0 saturated carbocycles. The van der Waals surface area contributed by atoms with Crippen LogP contribution in [-0.4, -0.2) is 64.9 Å². The van der Waals surface area contributed by atoms with Crippen LogP contribution < -0.4 is 10.2 Å². The SMILES string of the molecule is COCCS(=O)(=O)c1ccc(CC(=O)Nc2ccc(CN3CCN(c4cccc(C)c4)CC3)cc2)cc1. The van der Waals surface area contributed by atoms with Gasteiger partial charge in [-0.15, -0.1) is 0 Å². The lowest BCUT2D eigenvalue weighted by Gasteiger charge is -2.36. The molecule has 8 heteroatoms. The van der Waals surface area contributed by atoms with Gasteiger partial charge in [0, 0.05) is 51.2 Å². The first-order chi connectivity index (χ1) is 17.8. The number of hydrogen-bond donors (Lipinski definition) is 1. The Labute approximate surface area is 220 Å². The predicted molar refractivity (Wildman–Crippen MR) is 148 cm³/mol. The number of carbonyl (C=O) groups is 1. The van der Waals surface area contributed by atoms with Crippen LogP contribution in [0.5, 0.6) is 0 Å². The molecule has 196 valence electrons. The fraction of sp³-hybridized carbons (Fsp3) is 0.345. The number of carbonyl (C=O) groups excluding carboxylic acids is 1. The quantitative estimate of drug-likeness (QED) is 0.436. The predicted octanol–water partition coefficient (Wildman–Crippen LogP) is 3.92. The number of aryl methyl sites for hydroxylation is 1. The minimum Gasteiger partial charge on any atom is -0.384 e. The van der Waals surface area contributed by atoms with Crippen molar-refractivity contribution in [3.63, 3.8) is 0 Å². The normalized spacial score (nSPS) is 14.5. The summed E-state index contributed by atoms with van der Waals surface area (Å²) in [5, 5.41) is 2.93. The summed E-state index contributed by atoms with van der Waals surface area (Å²) in [7, 11) is -1.91. The molecule has 37 heavy (non-hydrogen) atoms. The van der Waals surface area contributed by atoms with Crippen molar-refractivity contribution in [3.8, 4) is 0 Å². The Balaban J connectivity index is 1.24. The summed E-state index contributed by atoms with van der Waals surface area (Å²) < 4.78 is 29.3. The highest BCUT2D eigenvalue weighted by Gasteiger charge is 2.18. The molecule has 1 saturated heterocycles. The van der Waals surface area contributed by atoms with E-state index in [0.29, 0.717) is 0 Å². The topological polar surface area (TPSA) is 78.9 Å². The number of nitrogens with one attached hydrogen (secondary N) is 1. The number of benzene rings is 3. The van der Waals surface area contributed by atoms with Crippen molar-refractivity contribution < 1.29 is 17.9 Å². The fourth-order valence-corrected chi connectivity index (χ4v) is 5.63. The third-order valence-electron chi connectivity index (χ3n) is 6.59. The zero-order valence-corrected chi connectivity index (χ0v) is 22.3. The monoisotopic (exact) mass is 521 g/mol. The molecule has 3 aromatic carbocycles. The number of methoxy groups -OCH3 is 1. The van der Waals surface area contributed by atoms with E-state index in [2.05, 4.69) is 58.4 Å². The molecule has 0 aliphatic carbocycles. The van der Waals surface area contributed by atoms with Gasteiger partial charge in [-0.05, 0) is 60.0 Å². The summed E-state index contributed by atoms with van der Waals surface area (Å²) in [6.45, 7) is 7.21. The van der Waals surface area contributed by atoms with E-state index in [1.807, 2.05) is 12.1 Å². The standard InChI is InChI=1S/C29H35N3O4S/c1-23-4-3-5-27(20-23)32-16-14-31(15-17-32)22-25-6-10-26(11-7-25)30-29(33)21-24-8-12-28(13-9-24)37(34,35)19-18-36-2/h3-13,20H,14-19,21-22H2,1-2H3,(H,30,33). The minimum absolute atomic E-state index is 0.0665. The summed E-state index contributed by atoms with van der Waals surface area (Å²) >= 11 is 0. The number of sulfone groups is 1. The number of piperazine rings is 1. The maximum absolute atomic E-state index is 12.5. The third-order valence-corrected chi connectivity index (χ3v) is 8.28. The van der Waals surface area contributed by atoms with E-state index in [0.717, 1.165) is 44.0 Å². The highest BCUT2D eigenvalue weighted by atomic mass is 32.2. The summed E-state index contributed by atoms with van der Waals surface area (Å²) in [5.74, 6) is -0.210. The number of hydrogen-bond acceptors (Lipinski definition) is 6. The van der Waals surface area contributed by atoms with Crippen LogP contribution >= 0.6 is 0 Å². The van der Waals surface area contributed by atoms with Crippen LogP contribution in [0.3, 0.4) is 0 Å². The molecule has 1 amide bonds. The lowest BCUT2D eigenvalue weighted by Crippen LogP contribution is -2.45. The molecule has 1 aliphatic rings. The Hall–Kier alpha value is -3.20. The van der Waals surface area contributed by atoms with Gasteiger partial charge in [0.05, 0.1) is 23.7 Å². The molecule has 0 radical (unpaired) electrons. The number of ether oxygens (including phenoxy) is 1. The molecule has 1 aliphatic heterocycles. The van der Waals surface area contributed by atoms with Gasteiger partial charge >= 0.3 is 0 Å². The molecular formula is C29H35N3O4S. The maximum Gasteiger partial charge on any atom is 0.228 e. The summed E-state index contributed by atoms with van der Waals surface area (Å²) in [6, 6.07) is 23.1. The number of amides is 1. The average Bonchev–Trinajstić information content (AvgIpc) is 2.89. The van der Waals surface area contributed by atoms with Crippen LogP contribution in [0.25, 0.3) is 0 Å². The molecular weight excluding hydrogens is 486 g/mol. The number of rotatable bonds is 10. The smallest absolute Gasteiger partial charge is 0.228 e. The Bertz CT molecular complexity index is 1280. The lowest BCUT2D eigenvalue weighted by atomic mass is 10.1. The van der Waals surface area contributed by atoms with Gasteiger partial charge in [-0.2, -0.15) is 0 Å². The summed E-state index contributed by atoms with van der Waals surface area (Å²) in [6.07, 6.45) is 0.172. The van der Waals surface area contributed by atoms with E-state index >= 15 is 0 Å². The average molecular weight is 522 g/mol. The Kier molecular flexibility index (Phi) is 8.97. The lowest BCUT2D eigenvalue weighted by molar-refractivity contribution is -0.115. The Morgan fingerprint density at radius 3 is 2.24 bits per heavy atom. The van der Waals surface area contributed by atoms with E-state index < -0.39 is 9.84 Å². The van der Waals surface area contributed by atoms with E-state index in [9.17, 15) is 13.2 Å². The molecule has 1 N–H and O–H groups in total. The molecule has 3 aromatic rings. The summed E-state index contributed by atoms with van der Waals surface area (Å²) in [4.78, 5) is 17.7. The van der Waals surface area contributed by atoms with E-state index in [-0.39, 0.29) is 29.6 Å². The van der Waals surface area contributed by atoms with E-state index in [4.69, 9.17) is 4.74 Å². The second-order valence-corrected chi connectivity index (χ2v) is 11.6. The molecule has 4 rings (SSSR count). The molecule has 0 unspecified atom stereocenters. The molecule has 0 atom stereocenters. The van der Waals surface area contributed by atoms with Gasteiger partial charge in [-0.25, -0.2) is 8.42 Å². The number of nitrogens with zero attached hydrogens (tertiary/aromatic N) is 2. The molecule has 0 bridgehead atoms. The first-order valence-electron chi connectivity index (χ1n) is 12.6. The number of anilines is 2. The van der Waals surface area contributed by atoms with Gasteiger partial charge in [0.15, 0.2) is 9.84 Å². The van der Waals surface area contributed by atoms with Gasteiger partial charge in [0.1, 0.15) is 0 Å². The van der Waals surface area contributed by atoms with Crippen molar-refractivity contribution in [1.82, 2.24) is 4.90 Å². The first-order valence-corrected chi connectivity index (χ1v) is 14.2. The maximum atomic E-state index is 12.5. The molecule has 7 nitrogen and oxygen atoms in total. The Morgan fingerprint density at radius 2 is 1.59 bits per heavy atom. The van der Waals surface area contributed by atoms with Crippen LogP contribution in [0.1, 0.15) is 16.7 Å². The van der Waals surface area contributed by atoms with Crippen LogP contribution in [0, 0.1) is 6.92 Å². The van der Waals surface area contributed by atoms with Gasteiger partial charge in [-0.3, -0.25) is 9.69 Å². The Morgan fingerprint density at radius 1 is 0.919 bits per heavy atom. The van der Waals surface area contributed by atoms with Crippen LogP contribution in [0.15, 0.2) is 77.7 Å². The zero-order valence-electron chi connectivity index (χ0n) is 21.5. The van der Waals surface area contributed by atoms with Gasteiger partial charge in [0.25, 0.3) is 0 Å². The van der Waals surface area contributed by atoms with Gasteiger partial charge in [-0.1, -0.05) is 36.4 Å². The first kappa shape index (κ1) is 26.9. The second-order valence-electron chi connectivity index (χ2n) is 9.48. The van der Waals surface area contributed by atoms with Crippen molar-refractivity contribution in [2.24, 2.45) is 0 Å². The fourth-order valence-electron chi connectivity index (χ4n) is 4.46. The van der Waals surface area contributed by atoms with Crippen LogP contribution in [0.2, 0.25) is 0 Å². The van der Waals surface area contributed by atoms with Crippen molar-refractivity contribution in [2.45, 2.75) is 24.8 Å².